The molecule has 5 nitrogen and oxygen atoms in total. The SMILES string of the molecule is COCC(CCl)NC(=O)c1cccc(O)c1O. The highest BCUT2D eigenvalue weighted by molar-refractivity contribution is 6.18. The zero-order valence-electron chi connectivity index (χ0n) is 9.31. The molecule has 1 aromatic carbocycles. The van der Waals surface area contributed by atoms with Crippen molar-refractivity contribution in [1.29, 1.82) is 0 Å². The number of hydrogen-bond acceptors (Lipinski definition) is 4. The van der Waals surface area contributed by atoms with Crippen LogP contribution in [-0.4, -0.2) is 41.8 Å². The summed E-state index contributed by atoms with van der Waals surface area (Å²) in [6, 6.07) is 3.81. The third kappa shape index (κ3) is 3.51. The number of ether oxygens (including phenoxy) is 1. The van der Waals surface area contributed by atoms with E-state index < -0.39 is 11.7 Å². The molecule has 0 radical (unpaired) electrons. The zero-order valence-corrected chi connectivity index (χ0v) is 10.1. The molecule has 1 aromatic rings. The van der Waals surface area contributed by atoms with Crippen molar-refractivity contribution < 1.29 is 19.7 Å². The Bertz CT molecular complexity index is 397. The lowest BCUT2D eigenvalue weighted by molar-refractivity contribution is 0.0903. The molecular weight excluding hydrogens is 246 g/mol. The average Bonchev–Trinajstić information content (AvgIpc) is 2.31. The Labute approximate surface area is 104 Å². The summed E-state index contributed by atoms with van der Waals surface area (Å²) in [5.74, 6) is -1.11. The minimum Gasteiger partial charge on any atom is -0.504 e. The number of phenolic OH excluding ortho intramolecular Hbond substituents is 2. The molecule has 0 aliphatic heterocycles. The van der Waals surface area contributed by atoms with Crippen LogP contribution < -0.4 is 5.32 Å². The van der Waals surface area contributed by atoms with Gasteiger partial charge in [0.1, 0.15) is 0 Å². The van der Waals surface area contributed by atoms with Gasteiger partial charge in [0.25, 0.3) is 5.91 Å². The van der Waals surface area contributed by atoms with Gasteiger partial charge in [-0.15, -0.1) is 11.6 Å². The van der Waals surface area contributed by atoms with Crippen LogP contribution >= 0.6 is 11.6 Å². The molecule has 94 valence electrons. The summed E-state index contributed by atoms with van der Waals surface area (Å²) < 4.78 is 4.87. The maximum atomic E-state index is 11.8. The predicted octanol–water partition coefficient (Wildman–Crippen LogP) is 1.08. The molecule has 6 heteroatoms. The van der Waals surface area contributed by atoms with Crippen LogP contribution in [0.15, 0.2) is 18.2 Å². The number of rotatable bonds is 5. The van der Waals surface area contributed by atoms with Crippen molar-refractivity contribution in [2.45, 2.75) is 6.04 Å². The first-order valence-electron chi connectivity index (χ1n) is 4.96. The summed E-state index contributed by atoms with van der Waals surface area (Å²) in [6.45, 7) is 0.273. The number of nitrogens with one attached hydrogen (secondary N) is 1. The number of amides is 1. The summed E-state index contributed by atoms with van der Waals surface area (Å²) in [5.41, 5.74) is -0.00350. The van der Waals surface area contributed by atoms with Gasteiger partial charge in [-0.3, -0.25) is 4.79 Å². The second-order valence-electron chi connectivity index (χ2n) is 3.45. The van der Waals surface area contributed by atoms with Crippen molar-refractivity contribution in [1.82, 2.24) is 5.32 Å². The second-order valence-corrected chi connectivity index (χ2v) is 3.76. The minimum atomic E-state index is -0.513. The first kappa shape index (κ1) is 13.6. The first-order chi connectivity index (χ1) is 8.10. The molecule has 0 bridgehead atoms. The molecule has 17 heavy (non-hydrogen) atoms. The van der Waals surface area contributed by atoms with Crippen LogP contribution in [0.25, 0.3) is 0 Å². The highest BCUT2D eigenvalue weighted by Gasteiger charge is 2.17. The summed E-state index contributed by atoms with van der Waals surface area (Å²) in [5, 5.41) is 21.4. The van der Waals surface area contributed by atoms with Gasteiger partial charge in [-0.05, 0) is 12.1 Å². The lowest BCUT2D eigenvalue weighted by atomic mass is 10.1. The van der Waals surface area contributed by atoms with Crippen molar-refractivity contribution in [2.75, 3.05) is 19.6 Å². The summed E-state index contributed by atoms with van der Waals surface area (Å²) in [6.07, 6.45) is 0. The average molecular weight is 260 g/mol. The van der Waals surface area contributed by atoms with Crippen LogP contribution in [0.1, 0.15) is 10.4 Å². The van der Waals surface area contributed by atoms with E-state index >= 15 is 0 Å². The number of aromatic hydroxyl groups is 2. The zero-order chi connectivity index (χ0) is 12.8. The van der Waals surface area contributed by atoms with Crippen LogP contribution in [0.2, 0.25) is 0 Å². The van der Waals surface area contributed by atoms with Gasteiger partial charge in [0, 0.05) is 13.0 Å². The Hall–Kier alpha value is -1.46. The van der Waals surface area contributed by atoms with Crippen LogP contribution in [0.4, 0.5) is 0 Å². The van der Waals surface area contributed by atoms with Gasteiger partial charge in [-0.1, -0.05) is 6.07 Å². The number of methoxy groups -OCH3 is 1. The molecule has 0 heterocycles. The lowest BCUT2D eigenvalue weighted by Crippen LogP contribution is -2.39. The Morgan fingerprint density at radius 2 is 2.24 bits per heavy atom. The normalized spacial score (nSPS) is 12.1. The van der Waals surface area contributed by atoms with Gasteiger partial charge in [0.2, 0.25) is 0 Å². The van der Waals surface area contributed by atoms with Crippen molar-refractivity contribution in [3.63, 3.8) is 0 Å². The fourth-order valence-corrected chi connectivity index (χ4v) is 1.47. The highest BCUT2D eigenvalue weighted by Crippen LogP contribution is 2.27. The number of carbonyl (C=O) groups excluding carboxylic acids is 1. The van der Waals surface area contributed by atoms with E-state index in [1.54, 1.807) is 0 Å². The van der Waals surface area contributed by atoms with E-state index in [4.69, 9.17) is 16.3 Å². The number of halogens is 1. The molecule has 0 saturated carbocycles. The maximum absolute atomic E-state index is 11.8. The number of alkyl halides is 1. The fraction of sp³-hybridized carbons (Fsp3) is 0.364. The Morgan fingerprint density at radius 1 is 1.53 bits per heavy atom. The smallest absolute Gasteiger partial charge is 0.255 e. The summed E-state index contributed by atoms with van der Waals surface area (Å²) in [7, 11) is 1.50. The van der Waals surface area contributed by atoms with Crippen LogP contribution in [0, 0.1) is 0 Å². The molecular formula is C11H14ClNO4. The van der Waals surface area contributed by atoms with Crippen molar-refractivity contribution in [3.8, 4) is 11.5 Å². The Kier molecular flexibility index (Phi) is 5.06. The van der Waals surface area contributed by atoms with Gasteiger partial charge >= 0.3 is 0 Å². The van der Waals surface area contributed by atoms with Crippen LogP contribution in [-0.2, 0) is 4.74 Å². The summed E-state index contributed by atoms with van der Waals surface area (Å²) in [4.78, 5) is 11.8. The largest absolute Gasteiger partial charge is 0.504 e. The Balaban J connectivity index is 2.79. The van der Waals surface area contributed by atoms with Crippen molar-refractivity contribution in [3.05, 3.63) is 23.8 Å². The number of para-hydroxylation sites is 1. The number of carbonyl (C=O) groups is 1. The van der Waals surface area contributed by atoms with E-state index in [9.17, 15) is 15.0 Å². The van der Waals surface area contributed by atoms with Crippen molar-refractivity contribution in [2.24, 2.45) is 0 Å². The first-order valence-corrected chi connectivity index (χ1v) is 5.50. The molecule has 1 amide bonds. The van der Waals surface area contributed by atoms with Crippen molar-refractivity contribution >= 4 is 17.5 Å². The van der Waals surface area contributed by atoms with Gasteiger partial charge < -0.3 is 20.3 Å². The number of phenols is 2. The molecule has 0 saturated heterocycles. The molecule has 1 atom stereocenters. The van der Waals surface area contributed by atoms with Crippen LogP contribution in [0.3, 0.4) is 0 Å². The fourth-order valence-electron chi connectivity index (χ4n) is 1.30. The van der Waals surface area contributed by atoms with E-state index in [-0.39, 0.29) is 29.8 Å². The predicted molar refractivity (Wildman–Crippen MR) is 63.6 cm³/mol. The van der Waals surface area contributed by atoms with Gasteiger partial charge in [-0.25, -0.2) is 0 Å². The third-order valence-corrected chi connectivity index (χ3v) is 2.52. The number of benzene rings is 1. The molecule has 0 spiro atoms. The second kappa shape index (κ2) is 6.32. The number of hydrogen-bond donors (Lipinski definition) is 3. The topological polar surface area (TPSA) is 78.8 Å². The summed E-state index contributed by atoms with van der Waals surface area (Å²) >= 11 is 5.64. The van der Waals surface area contributed by atoms with Gasteiger partial charge in [0.05, 0.1) is 18.2 Å². The quantitative estimate of drug-likeness (QED) is 0.546. The molecule has 1 unspecified atom stereocenters. The monoisotopic (exact) mass is 259 g/mol. The molecule has 3 N–H and O–H groups in total. The lowest BCUT2D eigenvalue weighted by Gasteiger charge is -2.15. The van der Waals surface area contributed by atoms with Gasteiger partial charge in [-0.2, -0.15) is 0 Å². The molecule has 0 aliphatic rings. The van der Waals surface area contributed by atoms with E-state index in [0.717, 1.165) is 0 Å². The highest BCUT2D eigenvalue weighted by atomic mass is 35.5. The van der Waals surface area contributed by atoms with Gasteiger partial charge in [0.15, 0.2) is 11.5 Å². The van der Waals surface area contributed by atoms with E-state index in [1.807, 2.05) is 0 Å². The molecule has 0 aliphatic carbocycles. The molecule has 0 aromatic heterocycles. The maximum Gasteiger partial charge on any atom is 0.255 e. The van der Waals surface area contributed by atoms with E-state index in [2.05, 4.69) is 5.32 Å². The van der Waals surface area contributed by atoms with E-state index in [1.165, 1.54) is 25.3 Å². The molecule has 0 fully saturated rings. The van der Waals surface area contributed by atoms with Crippen LogP contribution in [0.5, 0.6) is 11.5 Å². The molecule has 1 rings (SSSR count). The Morgan fingerprint density at radius 3 is 2.82 bits per heavy atom. The standard InChI is InChI=1S/C11H14ClNO4/c1-17-6-7(5-12)13-11(16)8-3-2-4-9(14)10(8)15/h2-4,7,14-15H,5-6H2,1H3,(H,13,16). The third-order valence-electron chi connectivity index (χ3n) is 2.15. The minimum absolute atomic E-state index is 0.00350. The van der Waals surface area contributed by atoms with E-state index in [0.29, 0.717) is 0 Å².